The van der Waals surface area contributed by atoms with Gasteiger partial charge >= 0.3 is 0 Å². The molecule has 5 nitrogen and oxygen atoms in total. The van der Waals surface area contributed by atoms with Gasteiger partial charge in [0, 0.05) is 43.3 Å². The van der Waals surface area contributed by atoms with Crippen molar-refractivity contribution in [2.45, 2.75) is 12.6 Å². The monoisotopic (exact) mass is 383 g/mol. The van der Waals surface area contributed by atoms with Crippen LogP contribution in [0.2, 0.25) is 0 Å². The molecule has 2 aromatic carbocycles. The van der Waals surface area contributed by atoms with Crippen LogP contribution in [0.1, 0.15) is 15.9 Å². The number of likely N-dealkylation sites (N-methyl/N-ethyl adjacent to an activating group) is 1. The topological polar surface area (TPSA) is 44.8 Å². The number of carbonyl (C=O) groups is 1. The Labute approximate surface area is 165 Å². The Balaban J connectivity index is 1.47. The second kappa shape index (κ2) is 8.29. The fourth-order valence-electron chi connectivity index (χ4n) is 4.06. The van der Waals surface area contributed by atoms with Gasteiger partial charge in [-0.3, -0.25) is 4.79 Å². The van der Waals surface area contributed by atoms with Crippen LogP contribution in [-0.2, 0) is 11.3 Å². The molecule has 2 aliphatic rings. The molecule has 28 heavy (non-hydrogen) atoms. The lowest BCUT2D eigenvalue weighted by molar-refractivity contribution is 0.0483. The summed E-state index contributed by atoms with van der Waals surface area (Å²) in [5, 5.41) is 3.32. The molecule has 2 aliphatic heterocycles. The van der Waals surface area contributed by atoms with E-state index < -0.39 is 0 Å². The maximum atomic E-state index is 13.2. The Hall–Kier alpha value is -2.44. The van der Waals surface area contributed by atoms with Gasteiger partial charge in [-0.25, -0.2) is 4.39 Å². The van der Waals surface area contributed by atoms with Crippen LogP contribution >= 0.6 is 0 Å². The van der Waals surface area contributed by atoms with Crippen molar-refractivity contribution >= 4 is 11.6 Å². The van der Waals surface area contributed by atoms with Gasteiger partial charge in [-0.2, -0.15) is 0 Å². The highest BCUT2D eigenvalue weighted by Gasteiger charge is 2.35. The van der Waals surface area contributed by atoms with E-state index >= 15 is 0 Å². The van der Waals surface area contributed by atoms with Gasteiger partial charge in [-0.15, -0.1) is 0 Å². The summed E-state index contributed by atoms with van der Waals surface area (Å²) < 4.78 is 18.8. The zero-order valence-electron chi connectivity index (χ0n) is 16.1. The van der Waals surface area contributed by atoms with Crippen molar-refractivity contribution in [2.75, 3.05) is 45.2 Å². The summed E-state index contributed by atoms with van der Waals surface area (Å²) in [6.07, 6.45) is 0. The van der Waals surface area contributed by atoms with Gasteiger partial charge in [0.2, 0.25) is 0 Å². The normalized spacial score (nSPS) is 22.6. The van der Waals surface area contributed by atoms with E-state index in [1.807, 2.05) is 29.2 Å². The van der Waals surface area contributed by atoms with E-state index in [2.05, 4.69) is 17.3 Å². The number of nitrogens with zero attached hydrogens (tertiary/aromatic N) is 2. The Morgan fingerprint density at radius 3 is 2.79 bits per heavy atom. The maximum absolute atomic E-state index is 13.2. The minimum atomic E-state index is -0.242. The summed E-state index contributed by atoms with van der Waals surface area (Å²) in [6.45, 7) is 4.41. The summed E-state index contributed by atoms with van der Waals surface area (Å²) in [4.78, 5) is 17.5. The summed E-state index contributed by atoms with van der Waals surface area (Å²) in [7, 11) is 2.11. The molecule has 2 fully saturated rings. The van der Waals surface area contributed by atoms with Crippen LogP contribution in [0.3, 0.4) is 0 Å². The molecule has 2 atom stereocenters. The Bertz CT molecular complexity index is 827. The van der Waals surface area contributed by atoms with Crippen LogP contribution < -0.4 is 5.32 Å². The van der Waals surface area contributed by atoms with Crippen molar-refractivity contribution in [1.82, 2.24) is 9.80 Å². The van der Waals surface area contributed by atoms with Crippen LogP contribution in [0, 0.1) is 11.7 Å². The largest absolute Gasteiger partial charge is 0.381 e. The lowest BCUT2D eigenvalue weighted by Gasteiger charge is -2.30. The molecule has 2 heterocycles. The van der Waals surface area contributed by atoms with Crippen molar-refractivity contribution in [3.63, 3.8) is 0 Å². The minimum Gasteiger partial charge on any atom is -0.381 e. The number of anilines is 1. The van der Waals surface area contributed by atoms with Gasteiger partial charge in [0.05, 0.1) is 19.3 Å². The van der Waals surface area contributed by atoms with E-state index in [0.717, 1.165) is 30.9 Å². The third-order valence-electron chi connectivity index (χ3n) is 5.43. The standard InChI is InChI=1S/C22H26FN3O2/c1-25-11-17-12-26(21(13-25)15-28-14-17)22(27)18-3-2-4-20(9-18)24-10-16-5-7-19(23)8-6-16/h2-9,17,21,24H,10-15H2,1H3/t17-,21-/m0/s1. The summed E-state index contributed by atoms with van der Waals surface area (Å²) in [5.74, 6) is 0.163. The zero-order chi connectivity index (χ0) is 19.5. The molecule has 1 N–H and O–H groups in total. The molecule has 0 aromatic heterocycles. The second-order valence-corrected chi connectivity index (χ2v) is 7.80. The molecule has 2 bridgehead atoms. The molecular weight excluding hydrogens is 357 g/mol. The van der Waals surface area contributed by atoms with Gasteiger partial charge in [0.25, 0.3) is 5.91 Å². The summed E-state index contributed by atoms with van der Waals surface area (Å²) >= 11 is 0. The van der Waals surface area contributed by atoms with Gasteiger partial charge in [-0.1, -0.05) is 18.2 Å². The number of nitrogens with one attached hydrogen (secondary N) is 1. The number of rotatable bonds is 4. The number of hydrogen-bond acceptors (Lipinski definition) is 4. The predicted octanol–water partition coefficient (Wildman–Crippen LogP) is 2.84. The molecule has 4 rings (SSSR count). The molecule has 0 unspecified atom stereocenters. The fraction of sp³-hybridized carbons (Fsp3) is 0.409. The van der Waals surface area contributed by atoms with E-state index in [1.165, 1.54) is 12.1 Å². The average molecular weight is 383 g/mol. The SMILES string of the molecule is CN1C[C@@H]2COC[C@H](C1)N(C(=O)c1cccc(NCc3ccc(F)cc3)c1)C2. The molecule has 1 amide bonds. The first-order valence-corrected chi connectivity index (χ1v) is 9.74. The van der Waals surface area contributed by atoms with Crippen molar-refractivity contribution < 1.29 is 13.9 Å². The van der Waals surface area contributed by atoms with Crippen LogP contribution in [0.5, 0.6) is 0 Å². The maximum Gasteiger partial charge on any atom is 0.254 e. The highest BCUT2D eigenvalue weighted by Crippen LogP contribution is 2.22. The summed E-state index contributed by atoms with van der Waals surface area (Å²) in [5.41, 5.74) is 2.54. The van der Waals surface area contributed by atoms with Crippen LogP contribution in [0.25, 0.3) is 0 Å². The smallest absolute Gasteiger partial charge is 0.254 e. The van der Waals surface area contributed by atoms with E-state index in [4.69, 9.17) is 4.74 Å². The highest BCUT2D eigenvalue weighted by atomic mass is 19.1. The number of benzene rings is 2. The van der Waals surface area contributed by atoms with E-state index in [-0.39, 0.29) is 17.8 Å². The van der Waals surface area contributed by atoms with Gasteiger partial charge < -0.3 is 19.9 Å². The van der Waals surface area contributed by atoms with Crippen LogP contribution in [0.15, 0.2) is 48.5 Å². The molecule has 6 heteroatoms. The van der Waals surface area contributed by atoms with Gasteiger partial charge in [0.1, 0.15) is 5.82 Å². The number of hydrogen-bond donors (Lipinski definition) is 1. The van der Waals surface area contributed by atoms with E-state index in [0.29, 0.717) is 31.2 Å². The molecule has 0 radical (unpaired) electrons. The van der Waals surface area contributed by atoms with Crippen LogP contribution in [-0.4, -0.2) is 61.6 Å². The minimum absolute atomic E-state index is 0.0567. The first-order chi connectivity index (χ1) is 13.6. The molecule has 2 saturated heterocycles. The molecule has 148 valence electrons. The number of halogens is 1. The number of fused-ring (bicyclic) bond motifs is 3. The van der Waals surface area contributed by atoms with Crippen LogP contribution in [0.4, 0.5) is 10.1 Å². The quantitative estimate of drug-likeness (QED) is 0.882. The van der Waals surface area contributed by atoms with Crippen molar-refractivity contribution in [1.29, 1.82) is 0 Å². The molecule has 0 aliphatic carbocycles. The summed E-state index contributed by atoms with van der Waals surface area (Å²) in [6, 6.07) is 14.1. The third-order valence-corrected chi connectivity index (χ3v) is 5.43. The number of amides is 1. The van der Waals surface area contributed by atoms with E-state index in [1.54, 1.807) is 12.1 Å². The lowest BCUT2D eigenvalue weighted by Crippen LogP contribution is -2.45. The first kappa shape index (κ1) is 18.9. The predicted molar refractivity (Wildman–Crippen MR) is 107 cm³/mol. The van der Waals surface area contributed by atoms with E-state index in [9.17, 15) is 9.18 Å². The zero-order valence-corrected chi connectivity index (χ0v) is 16.1. The molecule has 0 saturated carbocycles. The Morgan fingerprint density at radius 1 is 1.14 bits per heavy atom. The molecular formula is C22H26FN3O2. The number of carbonyl (C=O) groups excluding carboxylic acids is 1. The highest BCUT2D eigenvalue weighted by molar-refractivity contribution is 5.95. The molecule has 0 spiro atoms. The fourth-order valence-corrected chi connectivity index (χ4v) is 4.06. The van der Waals surface area contributed by atoms with Crippen molar-refractivity contribution in [3.05, 3.63) is 65.5 Å². The Morgan fingerprint density at radius 2 is 1.96 bits per heavy atom. The first-order valence-electron chi connectivity index (χ1n) is 9.74. The van der Waals surface area contributed by atoms with Crippen molar-refractivity contribution in [2.24, 2.45) is 5.92 Å². The van der Waals surface area contributed by atoms with Crippen molar-refractivity contribution in [3.8, 4) is 0 Å². The lowest BCUT2D eigenvalue weighted by atomic mass is 10.1. The van der Waals surface area contributed by atoms with Gasteiger partial charge in [-0.05, 0) is 42.9 Å². The Kier molecular flexibility index (Phi) is 5.59. The molecule has 2 aromatic rings. The average Bonchev–Trinajstić information content (AvgIpc) is 2.97. The third kappa shape index (κ3) is 4.34. The number of ether oxygens (including phenoxy) is 1. The second-order valence-electron chi connectivity index (χ2n) is 7.80. The van der Waals surface area contributed by atoms with Gasteiger partial charge in [0.15, 0.2) is 0 Å².